The number of nitrogens with zero attached hydrogens (tertiary/aromatic N) is 2. The van der Waals surface area contributed by atoms with Crippen molar-refractivity contribution in [3.8, 4) is 5.88 Å². The summed E-state index contributed by atoms with van der Waals surface area (Å²) in [7, 11) is 0. The average Bonchev–Trinajstić information content (AvgIpc) is 2.28. The van der Waals surface area contributed by atoms with E-state index >= 15 is 0 Å². The summed E-state index contributed by atoms with van der Waals surface area (Å²) in [6.07, 6.45) is 4.94. The lowest BCUT2D eigenvalue weighted by Gasteiger charge is -2.48. The first-order valence-electron chi connectivity index (χ1n) is 5.07. The van der Waals surface area contributed by atoms with Crippen LogP contribution in [0.3, 0.4) is 0 Å². The highest BCUT2D eigenvalue weighted by Gasteiger charge is 2.45. The Balaban J connectivity index is 1.68. The molecule has 1 unspecified atom stereocenters. The number of hydrogen-bond acceptors (Lipinski definition) is 4. The number of aromatic nitrogens is 2. The largest absolute Gasteiger partial charge is 0.474 e. The predicted molar refractivity (Wildman–Crippen MR) is 50.9 cm³/mol. The number of nitrogens with one attached hydrogen (secondary N) is 1. The Bertz CT molecular complexity index is 302. The Hall–Kier alpha value is -1.16. The van der Waals surface area contributed by atoms with Gasteiger partial charge in [-0.15, -0.1) is 0 Å². The van der Waals surface area contributed by atoms with E-state index in [0.717, 1.165) is 13.1 Å². The molecule has 2 heterocycles. The van der Waals surface area contributed by atoms with E-state index in [1.165, 1.54) is 12.7 Å². The molecule has 1 aromatic rings. The zero-order valence-corrected chi connectivity index (χ0v) is 7.89. The van der Waals surface area contributed by atoms with E-state index in [1.54, 1.807) is 6.20 Å². The summed E-state index contributed by atoms with van der Waals surface area (Å²) in [6, 6.07) is 1.82. The molecule has 2 bridgehead atoms. The van der Waals surface area contributed by atoms with Crippen LogP contribution in [0.5, 0.6) is 5.88 Å². The van der Waals surface area contributed by atoms with Gasteiger partial charge < -0.3 is 10.1 Å². The number of rotatable bonds is 2. The van der Waals surface area contributed by atoms with E-state index in [9.17, 15) is 0 Å². The summed E-state index contributed by atoms with van der Waals surface area (Å²) in [6.45, 7) is 2.18. The van der Waals surface area contributed by atoms with Crippen molar-refractivity contribution in [2.45, 2.75) is 12.5 Å². The minimum absolute atomic E-state index is 0.381. The second-order valence-corrected chi connectivity index (χ2v) is 4.04. The van der Waals surface area contributed by atoms with Gasteiger partial charge in [0.1, 0.15) is 12.4 Å². The van der Waals surface area contributed by atoms with Gasteiger partial charge in [0.2, 0.25) is 5.88 Å². The fourth-order valence-corrected chi connectivity index (χ4v) is 2.38. The summed E-state index contributed by atoms with van der Waals surface area (Å²) in [4.78, 5) is 7.94. The van der Waals surface area contributed by atoms with Crippen molar-refractivity contribution < 1.29 is 4.74 Å². The van der Waals surface area contributed by atoms with Gasteiger partial charge in [-0.1, -0.05) is 0 Å². The SMILES string of the molecule is c1cc(OC2[C@@H]3CNC[C@H]2C3)ncn1. The van der Waals surface area contributed by atoms with Crippen LogP contribution in [-0.4, -0.2) is 29.2 Å². The molecule has 74 valence electrons. The van der Waals surface area contributed by atoms with Gasteiger partial charge in [0.15, 0.2) is 0 Å². The first-order chi connectivity index (χ1) is 6.93. The van der Waals surface area contributed by atoms with Crippen LogP contribution in [0.1, 0.15) is 6.42 Å². The lowest BCUT2D eigenvalue weighted by Crippen LogP contribution is -2.59. The Kier molecular flexibility index (Phi) is 1.87. The molecular formula is C10H13N3O. The van der Waals surface area contributed by atoms with Crippen LogP contribution in [0.25, 0.3) is 0 Å². The number of piperidine rings is 2. The highest BCUT2D eigenvalue weighted by molar-refractivity contribution is 5.08. The molecule has 1 saturated heterocycles. The van der Waals surface area contributed by atoms with Gasteiger partial charge in [-0.3, -0.25) is 0 Å². The summed E-state index contributed by atoms with van der Waals surface area (Å²) >= 11 is 0. The van der Waals surface area contributed by atoms with E-state index in [4.69, 9.17) is 4.74 Å². The number of ether oxygens (including phenoxy) is 1. The van der Waals surface area contributed by atoms with Crippen LogP contribution in [0.2, 0.25) is 0 Å². The van der Waals surface area contributed by atoms with Gasteiger partial charge in [-0.05, 0) is 6.42 Å². The summed E-state index contributed by atoms with van der Waals surface area (Å²) < 4.78 is 5.83. The maximum absolute atomic E-state index is 5.83. The van der Waals surface area contributed by atoms with Crippen LogP contribution in [-0.2, 0) is 0 Å². The molecule has 0 spiro atoms. The molecule has 3 atom stereocenters. The van der Waals surface area contributed by atoms with Crippen LogP contribution >= 0.6 is 0 Å². The molecule has 1 aliphatic carbocycles. The monoisotopic (exact) mass is 191 g/mol. The lowest BCUT2D eigenvalue weighted by atomic mass is 9.69. The Labute approximate surface area is 82.7 Å². The standard InChI is InChI=1S/C10H13N3O/c1-2-11-6-13-9(1)14-10-7-3-8(10)5-12-4-7/h1-2,6-8,10,12H,3-5H2/t7-,8+,10?. The van der Waals surface area contributed by atoms with Crippen LogP contribution in [0, 0.1) is 11.8 Å². The maximum Gasteiger partial charge on any atom is 0.216 e. The van der Waals surface area contributed by atoms with Gasteiger partial charge in [0, 0.05) is 37.2 Å². The molecule has 3 rings (SSSR count). The van der Waals surface area contributed by atoms with Gasteiger partial charge in [0.25, 0.3) is 0 Å². The van der Waals surface area contributed by atoms with Gasteiger partial charge in [-0.2, -0.15) is 0 Å². The van der Waals surface area contributed by atoms with Gasteiger partial charge in [-0.25, -0.2) is 9.97 Å². The molecule has 4 nitrogen and oxygen atoms in total. The normalized spacial score (nSPS) is 34.7. The predicted octanol–water partition coefficient (Wildman–Crippen LogP) is 0.463. The second kappa shape index (κ2) is 3.20. The molecule has 0 aromatic carbocycles. The molecule has 4 heteroatoms. The van der Waals surface area contributed by atoms with E-state index in [0.29, 0.717) is 23.8 Å². The van der Waals surface area contributed by atoms with Crippen LogP contribution < -0.4 is 10.1 Å². The summed E-state index contributed by atoms with van der Waals surface area (Å²) in [5.74, 6) is 2.08. The van der Waals surface area contributed by atoms with Crippen LogP contribution in [0.15, 0.2) is 18.6 Å². The number of fused-ring (bicyclic) bond motifs is 2. The fourth-order valence-electron chi connectivity index (χ4n) is 2.38. The fraction of sp³-hybridized carbons (Fsp3) is 0.600. The van der Waals surface area contributed by atoms with E-state index in [-0.39, 0.29) is 0 Å². The quantitative estimate of drug-likeness (QED) is 0.738. The highest BCUT2D eigenvalue weighted by atomic mass is 16.5. The maximum atomic E-state index is 5.83. The molecule has 2 fully saturated rings. The van der Waals surface area contributed by atoms with Crippen molar-refractivity contribution in [2.24, 2.45) is 11.8 Å². The third-order valence-corrected chi connectivity index (χ3v) is 3.16. The van der Waals surface area contributed by atoms with E-state index < -0.39 is 0 Å². The van der Waals surface area contributed by atoms with Crippen molar-refractivity contribution in [1.29, 1.82) is 0 Å². The smallest absolute Gasteiger partial charge is 0.216 e. The molecule has 1 aromatic heterocycles. The Morgan fingerprint density at radius 2 is 2.21 bits per heavy atom. The van der Waals surface area contributed by atoms with E-state index in [2.05, 4.69) is 15.3 Å². The molecule has 0 amide bonds. The Morgan fingerprint density at radius 1 is 1.36 bits per heavy atom. The van der Waals surface area contributed by atoms with E-state index in [1.807, 2.05) is 6.07 Å². The van der Waals surface area contributed by atoms with Crippen molar-refractivity contribution in [3.05, 3.63) is 18.6 Å². The molecular weight excluding hydrogens is 178 g/mol. The third kappa shape index (κ3) is 1.26. The molecule has 1 aliphatic heterocycles. The molecule has 0 radical (unpaired) electrons. The summed E-state index contributed by atoms with van der Waals surface area (Å²) in [5.41, 5.74) is 0. The minimum Gasteiger partial charge on any atom is -0.474 e. The molecule has 1 N–H and O–H groups in total. The first-order valence-corrected chi connectivity index (χ1v) is 5.07. The van der Waals surface area contributed by atoms with Crippen molar-refractivity contribution >= 4 is 0 Å². The van der Waals surface area contributed by atoms with Gasteiger partial charge in [0.05, 0.1) is 0 Å². The summed E-state index contributed by atoms with van der Waals surface area (Å²) in [5, 5.41) is 3.39. The minimum atomic E-state index is 0.381. The van der Waals surface area contributed by atoms with Crippen molar-refractivity contribution in [3.63, 3.8) is 0 Å². The first kappa shape index (κ1) is 8.17. The Morgan fingerprint density at radius 3 is 2.86 bits per heavy atom. The average molecular weight is 191 g/mol. The highest BCUT2D eigenvalue weighted by Crippen LogP contribution is 2.38. The lowest BCUT2D eigenvalue weighted by molar-refractivity contribution is -0.0470. The molecule has 14 heavy (non-hydrogen) atoms. The topological polar surface area (TPSA) is 47.0 Å². The zero-order valence-electron chi connectivity index (χ0n) is 7.89. The van der Waals surface area contributed by atoms with Crippen molar-refractivity contribution in [1.82, 2.24) is 15.3 Å². The molecule has 1 saturated carbocycles. The zero-order chi connectivity index (χ0) is 9.38. The van der Waals surface area contributed by atoms with Gasteiger partial charge >= 0.3 is 0 Å². The third-order valence-electron chi connectivity index (χ3n) is 3.16. The van der Waals surface area contributed by atoms with Crippen LogP contribution in [0.4, 0.5) is 0 Å². The second-order valence-electron chi connectivity index (χ2n) is 4.04. The van der Waals surface area contributed by atoms with Crippen molar-refractivity contribution in [2.75, 3.05) is 13.1 Å². The molecule has 2 aliphatic rings. The number of hydrogen-bond donors (Lipinski definition) is 1.